The summed E-state index contributed by atoms with van der Waals surface area (Å²) in [5.74, 6) is -0.799. The molecule has 1 aromatic rings. The Bertz CT molecular complexity index is 258. The molecule has 0 bridgehead atoms. The van der Waals surface area contributed by atoms with Crippen LogP contribution in [0.25, 0.3) is 0 Å². The summed E-state index contributed by atoms with van der Waals surface area (Å²) in [5.41, 5.74) is 0.820. The fourth-order valence-corrected chi connectivity index (χ4v) is 1.04. The molecule has 0 heterocycles. The molecule has 12 heavy (non-hydrogen) atoms. The van der Waals surface area contributed by atoms with Crippen molar-refractivity contribution in [2.45, 2.75) is 6.42 Å². The first-order valence-corrected chi connectivity index (χ1v) is 3.94. The third kappa shape index (κ3) is 4.26. The van der Waals surface area contributed by atoms with E-state index < -0.39 is 5.97 Å². The fraction of sp³-hybridized carbons (Fsp3) is 0.125. The van der Waals surface area contributed by atoms with Gasteiger partial charge in [-0.1, -0.05) is 28.1 Å². The average molecular weight is 239 g/mol. The van der Waals surface area contributed by atoms with E-state index in [0.29, 0.717) is 0 Å². The molecule has 0 aliphatic rings. The van der Waals surface area contributed by atoms with Crippen molar-refractivity contribution in [3.63, 3.8) is 0 Å². The van der Waals surface area contributed by atoms with Crippen molar-refractivity contribution >= 4 is 51.5 Å². The van der Waals surface area contributed by atoms with Crippen molar-refractivity contribution in [2.75, 3.05) is 0 Å². The molecule has 0 saturated carbocycles. The number of benzene rings is 1. The van der Waals surface area contributed by atoms with E-state index in [0.717, 1.165) is 10.0 Å². The fourth-order valence-electron chi connectivity index (χ4n) is 0.777. The van der Waals surface area contributed by atoms with Crippen LogP contribution in [-0.4, -0.2) is 40.6 Å². The predicted octanol–water partition coefficient (Wildman–Crippen LogP) is 1.43. The Balaban J connectivity index is 0.00000121. The Morgan fingerprint density at radius 2 is 1.83 bits per heavy atom. The second-order valence-electron chi connectivity index (χ2n) is 2.20. The molecule has 4 heteroatoms. The average Bonchev–Trinajstić information content (AvgIpc) is 1.93. The molecule has 0 aromatic heterocycles. The summed E-state index contributed by atoms with van der Waals surface area (Å²) in [6.07, 6.45) is 0.0906. The molecule has 60 valence electrons. The van der Waals surface area contributed by atoms with Crippen LogP contribution in [0.3, 0.4) is 0 Å². The Morgan fingerprint density at radius 1 is 1.33 bits per heavy atom. The standard InChI is InChI=1S/C8H7BrO2.Na.H/c9-7-3-1-6(2-4-7)5-8(10)11;;/h1-4H,5H2,(H,10,11);;. The Morgan fingerprint density at radius 3 is 2.25 bits per heavy atom. The number of carboxylic acid groups (broad SMARTS) is 1. The molecule has 0 unspecified atom stereocenters. The van der Waals surface area contributed by atoms with Crippen LogP contribution < -0.4 is 0 Å². The van der Waals surface area contributed by atoms with Gasteiger partial charge in [-0.05, 0) is 17.7 Å². The van der Waals surface area contributed by atoms with Gasteiger partial charge in [0.15, 0.2) is 0 Å². The van der Waals surface area contributed by atoms with Crippen LogP contribution >= 0.6 is 15.9 Å². The minimum atomic E-state index is -0.799. The van der Waals surface area contributed by atoms with Gasteiger partial charge in [-0.3, -0.25) is 4.79 Å². The first kappa shape index (κ1) is 12.2. The monoisotopic (exact) mass is 238 g/mol. The molecule has 1 aromatic carbocycles. The Labute approximate surface area is 101 Å². The van der Waals surface area contributed by atoms with E-state index >= 15 is 0 Å². The van der Waals surface area contributed by atoms with E-state index in [1.54, 1.807) is 12.1 Å². The second-order valence-corrected chi connectivity index (χ2v) is 3.11. The summed E-state index contributed by atoms with van der Waals surface area (Å²) < 4.78 is 0.964. The van der Waals surface area contributed by atoms with Crippen molar-refractivity contribution in [3.05, 3.63) is 34.3 Å². The number of rotatable bonds is 2. The van der Waals surface area contributed by atoms with Gasteiger partial charge in [0.05, 0.1) is 6.42 Å². The van der Waals surface area contributed by atoms with Crippen molar-refractivity contribution < 1.29 is 9.90 Å². The van der Waals surface area contributed by atoms with E-state index in [-0.39, 0.29) is 36.0 Å². The molecule has 0 aliphatic heterocycles. The Hall–Kier alpha value is 0.170. The van der Waals surface area contributed by atoms with Crippen LogP contribution in [0.2, 0.25) is 0 Å². The third-order valence-electron chi connectivity index (χ3n) is 1.27. The molecule has 2 nitrogen and oxygen atoms in total. The number of aliphatic carboxylic acids is 1. The summed E-state index contributed by atoms with van der Waals surface area (Å²) in [7, 11) is 0. The van der Waals surface area contributed by atoms with Gasteiger partial charge in [-0.15, -0.1) is 0 Å². The van der Waals surface area contributed by atoms with Crippen molar-refractivity contribution in [1.29, 1.82) is 0 Å². The number of halogens is 1. The first-order valence-electron chi connectivity index (χ1n) is 3.15. The van der Waals surface area contributed by atoms with Gasteiger partial charge in [0, 0.05) is 4.47 Å². The summed E-state index contributed by atoms with van der Waals surface area (Å²) in [6.45, 7) is 0. The van der Waals surface area contributed by atoms with Gasteiger partial charge >= 0.3 is 35.5 Å². The van der Waals surface area contributed by atoms with Crippen molar-refractivity contribution in [2.24, 2.45) is 0 Å². The topological polar surface area (TPSA) is 37.3 Å². The molecule has 0 amide bonds. The van der Waals surface area contributed by atoms with Gasteiger partial charge < -0.3 is 5.11 Å². The summed E-state index contributed by atoms with van der Waals surface area (Å²) in [5, 5.41) is 8.42. The molecule has 0 fully saturated rings. The molecule has 0 aliphatic carbocycles. The molecular formula is C8H8BrNaO2. The molecule has 0 spiro atoms. The van der Waals surface area contributed by atoms with Gasteiger partial charge in [0.1, 0.15) is 0 Å². The van der Waals surface area contributed by atoms with E-state index in [4.69, 9.17) is 5.11 Å². The number of carbonyl (C=O) groups is 1. The predicted molar refractivity (Wildman–Crippen MR) is 52.6 cm³/mol. The van der Waals surface area contributed by atoms with E-state index in [1.165, 1.54) is 0 Å². The van der Waals surface area contributed by atoms with Gasteiger partial charge in [0.2, 0.25) is 0 Å². The normalized spacial score (nSPS) is 8.75. The molecule has 0 atom stereocenters. The van der Waals surface area contributed by atoms with Crippen molar-refractivity contribution in [1.82, 2.24) is 0 Å². The maximum absolute atomic E-state index is 10.2. The van der Waals surface area contributed by atoms with Crippen LogP contribution in [0.4, 0.5) is 0 Å². The van der Waals surface area contributed by atoms with E-state index in [1.807, 2.05) is 12.1 Å². The summed E-state index contributed by atoms with van der Waals surface area (Å²) >= 11 is 3.26. The quantitative estimate of drug-likeness (QED) is 0.792. The second kappa shape index (κ2) is 5.75. The van der Waals surface area contributed by atoms with Crippen LogP contribution in [-0.2, 0) is 11.2 Å². The van der Waals surface area contributed by atoms with Crippen molar-refractivity contribution in [3.8, 4) is 0 Å². The minimum absolute atomic E-state index is 0. The Kier molecular flexibility index (Phi) is 5.84. The zero-order chi connectivity index (χ0) is 8.27. The molecule has 1 N–H and O–H groups in total. The number of hydrogen-bond acceptors (Lipinski definition) is 1. The van der Waals surface area contributed by atoms with E-state index in [2.05, 4.69) is 15.9 Å². The number of hydrogen-bond donors (Lipinski definition) is 1. The zero-order valence-electron chi connectivity index (χ0n) is 5.75. The maximum atomic E-state index is 10.2. The molecular weight excluding hydrogens is 231 g/mol. The van der Waals surface area contributed by atoms with Gasteiger partial charge in [-0.2, -0.15) is 0 Å². The third-order valence-corrected chi connectivity index (χ3v) is 1.80. The SMILES string of the molecule is O=C(O)Cc1ccc(Br)cc1.[NaH]. The zero-order valence-corrected chi connectivity index (χ0v) is 7.34. The number of carboxylic acids is 1. The molecule has 0 saturated heterocycles. The van der Waals surface area contributed by atoms with Crippen LogP contribution in [0, 0.1) is 0 Å². The summed E-state index contributed by atoms with van der Waals surface area (Å²) in [4.78, 5) is 10.2. The van der Waals surface area contributed by atoms with Gasteiger partial charge in [-0.25, -0.2) is 0 Å². The summed E-state index contributed by atoms with van der Waals surface area (Å²) in [6, 6.07) is 7.24. The molecule has 0 radical (unpaired) electrons. The first-order chi connectivity index (χ1) is 5.18. The van der Waals surface area contributed by atoms with E-state index in [9.17, 15) is 4.79 Å². The van der Waals surface area contributed by atoms with Crippen LogP contribution in [0.15, 0.2) is 28.7 Å². The van der Waals surface area contributed by atoms with Crippen LogP contribution in [0.1, 0.15) is 5.56 Å². The molecule has 1 rings (SSSR count). The van der Waals surface area contributed by atoms with Gasteiger partial charge in [0.25, 0.3) is 0 Å². The van der Waals surface area contributed by atoms with Crippen LogP contribution in [0.5, 0.6) is 0 Å².